The molecule has 2 heterocycles. The van der Waals surface area contributed by atoms with Crippen molar-refractivity contribution in [2.45, 2.75) is 72.8 Å². The molecule has 2 aliphatic rings. The smallest absolute Gasteiger partial charge is 0.255 e. The van der Waals surface area contributed by atoms with Crippen molar-refractivity contribution in [3.63, 3.8) is 0 Å². The number of ether oxygens (including phenoxy) is 1. The highest BCUT2D eigenvalue weighted by Gasteiger charge is 2.56. The third-order valence-electron chi connectivity index (χ3n) is 9.37. The van der Waals surface area contributed by atoms with Crippen LogP contribution in [0, 0.1) is 5.92 Å². The predicted octanol–water partition coefficient (Wildman–Crippen LogP) is 8.45. The molecule has 0 aromatic heterocycles. The molecule has 1 amide bonds. The second-order valence-electron chi connectivity index (χ2n) is 11.4. The van der Waals surface area contributed by atoms with Crippen LogP contribution in [0.1, 0.15) is 94.3 Å². The lowest BCUT2D eigenvalue weighted by Gasteiger charge is -2.45. The lowest BCUT2D eigenvalue weighted by Crippen LogP contribution is -2.49. The second kappa shape index (κ2) is 12.2. The number of benzene rings is 3. The maximum absolute atomic E-state index is 14.4. The molecule has 0 saturated carbocycles. The van der Waals surface area contributed by atoms with Crippen molar-refractivity contribution in [3.05, 3.63) is 82.9 Å². The zero-order valence-corrected chi connectivity index (χ0v) is 25.9. The van der Waals surface area contributed by atoms with Gasteiger partial charge in [-0.05, 0) is 63.8 Å². The van der Waals surface area contributed by atoms with Crippen LogP contribution in [0.15, 0.2) is 60.7 Å². The number of fused-ring (bicyclic) bond motifs is 6. The molecule has 0 radical (unpaired) electrons. The first-order valence-electron chi connectivity index (χ1n) is 15.9. The van der Waals surface area contributed by atoms with E-state index in [-0.39, 0.29) is 5.91 Å². The Morgan fingerprint density at radius 3 is 1.83 bits per heavy atom. The van der Waals surface area contributed by atoms with E-state index in [0.29, 0.717) is 5.92 Å². The minimum atomic E-state index is -0.736. The molecule has 2 aliphatic heterocycles. The molecule has 3 aromatic rings. The molecule has 0 bridgehead atoms. The summed E-state index contributed by atoms with van der Waals surface area (Å²) < 4.78 is 6.83. The summed E-state index contributed by atoms with van der Waals surface area (Å²) in [5.41, 5.74) is 5.53. The lowest BCUT2D eigenvalue weighted by molar-refractivity contribution is 0.0614. The number of hydrogen-bond acceptors (Lipinski definition) is 4. The van der Waals surface area contributed by atoms with Crippen molar-refractivity contribution < 1.29 is 9.53 Å². The molecule has 1 unspecified atom stereocenters. The summed E-state index contributed by atoms with van der Waals surface area (Å²) in [6.45, 7) is 17.7. The van der Waals surface area contributed by atoms with E-state index in [1.54, 1.807) is 0 Å². The molecule has 41 heavy (non-hydrogen) atoms. The summed E-state index contributed by atoms with van der Waals surface area (Å²) in [7, 11) is 0. The summed E-state index contributed by atoms with van der Waals surface area (Å²) in [4.78, 5) is 21.3. The SMILES string of the molecule is CCCCC(CC)CN1C(=O)c2ccccc2C12c1ccc(N(CC)CC)cc1Oc1cc(N(CC)CC)ccc12. The second-order valence-corrected chi connectivity index (χ2v) is 11.4. The Balaban J connectivity index is 1.79. The number of rotatable bonds is 12. The van der Waals surface area contributed by atoms with Gasteiger partial charge in [-0.3, -0.25) is 4.79 Å². The minimum Gasteiger partial charge on any atom is -0.456 e. The number of carbonyl (C=O) groups is 1. The van der Waals surface area contributed by atoms with E-state index in [4.69, 9.17) is 4.74 Å². The molecule has 1 spiro atoms. The van der Waals surface area contributed by atoms with Crippen molar-refractivity contribution in [1.82, 2.24) is 4.90 Å². The van der Waals surface area contributed by atoms with Crippen LogP contribution in [0.5, 0.6) is 11.5 Å². The molecular weight excluding hydrogens is 506 g/mol. The molecule has 0 saturated heterocycles. The number of anilines is 2. The van der Waals surface area contributed by atoms with Crippen LogP contribution in [-0.4, -0.2) is 43.5 Å². The number of hydrogen-bond donors (Lipinski definition) is 0. The van der Waals surface area contributed by atoms with E-state index in [9.17, 15) is 4.79 Å². The number of amides is 1. The number of unbranched alkanes of at least 4 members (excludes halogenated alkanes) is 1. The minimum absolute atomic E-state index is 0.120. The monoisotopic (exact) mass is 553 g/mol. The molecular formula is C36H47N3O2. The highest BCUT2D eigenvalue weighted by molar-refractivity contribution is 6.02. The molecule has 3 aromatic carbocycles. The Morgan fingerprint density at radius 2 is 1.32 bits per heavy atom. The Kier molecular flexibility index (Phi) is 8.63. The van der Waals surface area contributed by atoms with E-state index in [1.165, 1.54) is 6.42 Å². The zero-order valence-electron chi connectivity index (χ0n) is 25.9. The summed E-state index contributed by atoms with van der Waals surface area (Å²) in [6.07, 6.45) is 4.52. The highest BCUT2D eigenvalue weighted by Crippen LogP contribution is 2.58. The van der Waals surface area contributed by atoms with Crippen molar-refractivity contribution in [1.29, 1.82) is 0 Å². The average Bonchev–Trinajstić information content (AvgIpc) is 3.24. The average molecular weight is 554 g/mol. The standard InChI is InChI=1S/C36H47N3O2/c1-7-13-16-26(8-2)25-39-35(40)29-17-14-15-18-30(29)36(39)31-21-19-27(37(9-3)10-4)23-33(31)41-34-24-28(20-22-32(34)36)38(11-5)12-6/h14-15,17-24,26H,7-13,16,25H2,1-6H3. The third kappa shape index (κ3) is 4.77. The quantitative estimate of drug-likeness (QED) is 0.225. The molecule has 5 nitrogen and oxygen atoms in total. The van der Waals surface area contributed by atoms with Gasteiger partial charge in [0.25, 0.3) is 5.91 Å². The van der Waals surface area contributed by atoms with Gasteiger partial charge in [-0.2, -0.15) is 0 Å². The summed E-state index contributed by atoms with van der Waals surface area (Å²) in [6, 6.07) is 21.5. The molecule has 1 atom stereocenters. The topological polar surface area (TPSA) is 36.0 Å². The molecule has 0 N–H and O–H groups in total. The maximum atomic E-state index is 14.4. The van der Waals surface area contributed by atoms with Crippen LogP contribution in [0.4, 0.5) is 11.4 Å². The fraction of sp³-hybridized carbons (Fsp3) is 0.472. The van der Waals surface area contributed by atoms with Gasteiger partial charge < -0.3 is 19.4 Å². The maximum Gasteiger partial charge on any atom is 0.255 e. The van der Waals surface area contributed by atoms with Gasteiger partial charge in [0.05, 0.1) is 0 Å². The Labute approximate surface area is 247 Å². The van der Waals surface area contributed by atoms with Crippen molar-refractivity contribution in [2.75, 3.05) is 42.5 Å². The van der Waals surface area contributed by atoms with Crippen LogP contribution in [-0.2, 0) is 5.54 Å². The normalized spacial score (nSPS) is 15.3. The Morgan fingerprint density at radius 1 is 0.756 bits per heavy atom. The van der Waals surface area contributed by atoms with Crippen molar-refractivity contribution in [2.24, 2.45) is 5.92 Å². The van der Waals surface area contributed by atoms with Crippen molar-refractivity contribution >= 4 is 17.3 Å². The van der Waals surface area contributed by atoms with Gasteiger partial charge in [-0.1, -0.05) is 63.4 Å². The zero-order chi connectivity index (χ0) is 29.1. The molecule has 0 fully saturated rings. The largest absolute Gasteiger partial charge is 0.456 e. The van der Waals surface area contributed by atoms with Crippen LogP contribution >= 0.6 is 0 Å². The Hall–Kier alpha value is -3.47. The summed E-state index contributed by atoms with van der Waals surface area (Å²) in [5.74, 6) is 2.24. The van der Waals surface area contributed by atoms with E-state index in [1.807, 2.05) is 12.1 Å². The number of carbonyl (C=O) groups excluding carboxylic acids is 1. The van der Waals surface area contributed by atoms with Crippen LogP contribution < -0.4 is 14.5 Å². The fourth-order valence-electron chi connectivity index (χ4n) is 7.03. The van der Waals surface area contributed by atoms with E-state index in [0.717, 1.165) is 97.1 Å². The van der Waals surface area contributed by atoms with Crippen LogP contribution in [0.2, 0.25) is 0 Å². The molecule has 5 heteroatoms. The molecule has 0 aliphatic carbocycles. The first kappa shape index (κ1) is 29.0. The van der Waals surface area contributed by atoms with Gasteiger partial charge in [-0.15, -0.1) is 0 Å². The molecule has 5 rings (SSSR count). The van der Waals surface area contributed by atoms with E-state index >= 15 is 0 Å². The highest BCUT2D eigenvalue weighted by atomic mass is 16.5. The van der Waals surface area contributed by atoms with Gasteiger partial charge in [0.15, 0.2) is 0 Å². The predicted molar refractivity (Wildman–Crippen MR) is 171 cm³/mol. The number of nitrogens with zero attached hydrogens (tertiary/aromatic N) is 3. The summed E-state index contributed by atoms with van der Waals surface area (Å²) in [5, 5.41) is 0. The van der Waals surface area contributed by atoms with Gasteiger partial charge >= 0.3 is 0 Å². The fourth-order valence-corrected chi connectivity index (χ4v) is 7.03. The van der Waals surface area contributed by atoms with Crippen molar-refractivity contribution in [3.8, 4) is 11.5 Å². The van der Waals surface area contributed by atoms with Gasteiger partial charge in [0.1, 0.15) is 17.0 Å². The first-order valence-corrected chi connectivity index (χ1v) is 15.9. The van der Waals surface area contributed by atoms with Gasteiger partial charge in [0.2, 0.25) is 0 Å². The van der Waals surface area contributed by atoms with E-state index < -0.39 is 5.54 Å². The van der Waals surface area contributed by atoms with Gasteiger partial charge in [0, 0.05) is 72.9 Å². The summed E-state index contributed by atoms with van der Waals surface area (Å²) >= 11 is 0. The molecule has 218 valence electrons. The van der Waals surface area contributed by atoms with Crippen LogP contribution in [0.3, 0.4) is 0 Å². The third-order valence-corrected chi connectivity index (χ3v) is 9.37. The first-order chi connectivity index (χ1) is 20.0. The lowest BCUT2D eigenvalue weighted by atomic mass is 9.74. The van der Waals surface area contributed by atoms with E-state index in [2.05, 4.69) is 105 Å². The van der Waals surface area contributed by atoms with Crippen LogP contribution in [0.25, 0.3) is 0 Å². The van der Waals surface area contributed by atoms with Gasteiger partial charge in [-0.25, -0.2) is 0 Å². The Bertz CT molecular complexity index is 1310.